The zero-order valence-corrected chi connectivity index (χ0v) is 13.6. The Bertz CT molecular complexity index is 803. The van der Waals surface area contributed by atoms with Crippen molar-refractivity contribution in [1.82, 2.24) is 0 Å². The molecule has 22 heavy (non-hydrogen) atoms. The Morgan fingerprint density at radius 2 is 1.23 bits per heavy atom. The van der Waals surface area contributed by atoms with Crippen LogP contribution < -0.4 is 4.90 Å². The molecule has 0 fully saturated rings. The largest absolute Gasteiger partial charge is 0.506 e. The standard InChI is InChI=1S/C14H5Cl4NO3/c15-9-7-8(10(16)12(18)11(9)17)14(22)19(13(7)21)5-3-1-2-4-6(5)20/h1-4,20H. The number of aromatic hydroxyl groups is 1. The topological polar surface area (TPSA) is 57.6 Å². The first-order chi connectivity index (χ1) is 10.4. The molecule has 2 aromatic carbocycles. The molecule has 1 aliphatic heterocycles. The van der Waals surface area contributed by atoms with Crippen molar-refractivity contribution in [3.8, 4) is 5.75 Å². The van der Waals surface area contributed by atoms with E-state index in [1.807, 2.05) is 0 Å². The van der Waals surface area contributed by atoms with Crippen LogP contribution in [0.1, 0.15) is 20.7 Å². The molecule has 0 bridgehead atoms. The van der Waals surface area contributed by atoms with Gasteiger partial charge in [0.15, 0.2) is 0 Å². The van der Waals surface area contributed by atoms with Crippen LogP contribution in [0.15, 0.2) is 24.3 Å². The summed E-state index contributed by atoms with van der Waals surface area (Å²) in [7, 11) is 0. The lowest BCUT2D eigenvalue weighted by atomic mass is 10.1. The molecule has 0 aliphatic carbocycles. The molecule has 2 amide bonds. The van der Waals surface area contributed by atoms with Gasteiger partial charge in [-0.15, -0.1) is 0 Å². The van der Waals surface area contributed by atoms with Crippen LogP contribution in [0.4, 0.5) is 5.69 Å². The number of nitrogens with zero attached hydrogens (tertiary/aromatic N) is 1. The second-order valence-corrected chi connectivity index (χ2v) is 5.95. The van der Waals surface area contributed by atoms with Crippen LogP contribution in [-0.2, 0) is 0 Å². The molecule has 1 aliphatic rings. The summed E-state index contributed by atoms with van der Waals surface area (Å²) in [5.74, 6) is -1.69. The summed E-state index contributed by atoms with van der Waals surface area (Å²) in [5, 5.41) is 9.36. The highest BCUT2D eigenvalue weighted by atomic mass is 35.5. The van der Waals surface area contributed by atoms with Crippen LogP contribution in [0.3, 0.4) is 0 Å². The highest BCUT2D eigenvalue weighted by Gasteiger charge is 2.43. The van der Waals surface area contributed by atoms with E-state index in [0.29, 0.717) is 0 Å². The molecule has 4 nitrogen and oxygen atoms in total. The molecule has 0 spiro atoms. The zero-order chi connectivity index (χ0) is 16.2. The number of phenolic OH excluding ortho intramolecular Hbond substituents is 1. The van der Waals surface area contributed by atoms with Gasteiger partial charge in [-0.1, -0.05) is 58.5 Å². The first kappa shape index (κ1) is 15.4. The van der Waals surface area contributed by atoms with Crippen LogP contribution in [0.25, 0.3) is 0 Å². The zero-order valence-electron chi connectivity index (χ0n) is 10.5. The highest BCUT2D eigenvalue weighted by molar-refractivity contribution is 6.56. The number of para-hydroxylation sites is 2. The van der Waals surface area contributed by atoms with Crippen molar-refractivity contribution >= 4 is 63.9 Å². The van der Waals surface area contributed by atoms with Crippen LogP contribution in [0.5, 0.6) is 5.75 Å². The van der Waals surface area contributed by atoms with Crippen molar-refractivity contribution in [2.45, 2.75) is 0 Å². The number of carbonyl (C=O) groups is 2. The number of halogens is 4. The van der Waals surface area contributed by atoms with Gasteiger partial charge in [0, 0.05) is 0 Å². The lowest BCUT2D eigenvalue weighted by Crippen LogP contribution is -2.29. The fourth-order valence-electron chi connectivity index (χ4n) is 2.22. The molecule has 0 radical (unpaired) electrons. The number of fused-ring (bicyclic) bond motifs is 1. The number of hydrogen-bond donors (Lipinski definition) is 1. The van der Waals surface area contributed by atoms with E-state index in [1.54, 1.807) is 12.1 Å². The maximum absolute atomic E-state index is 12.5. The average Bonchev–Trinajstić information content (AvgIpc) is 2.75. The van der Waals surface area contributed by atoms with Crippen molar-refractivity contribution in [2.24, 2.45) is 0 Å². The maximum atomic E-state index is 12.5. The molecule has 0 aromatic heterocycles. The van der Waals surface area contributed by atoms with Crippen LogP contribution >= 0.6 is 46.4 Å². The van der Waals surface area contributed by atoms with E-state index in [0.717, 1.165) is 4.90 Å². The van der Waals surface area contributed by atoms with E-state index in [1.165, 1.54) is 12.1 Å². The molecule has 0 saturated carbocycles. The first-order valence-electron chi connectivity index (χ1n) is 5.89. The molecule has 112 valence electrons. The molecule has 1 N–H and O–H groups in total. The normalized spacial score (nSPS) is 13.7. The summed E-state index contributed by atoms with van der Waals surface area (Å²) in [6, 6.07) is 5.90. The van der Waals surface area contributed by atoms with Gasteiger partial charge in [0.2, 0.25) is 0 Å². The third-order valence-corrected chi connectivity index (χ3v) is 5.03. The van der Waals surface area contributed by atoms with Crippen molar-refractivity contribution in [1.29, 1.82) is 0 Å². The monoisotopic (exact) mass is 375 g/mol. The fraction of sp³-hybridized carbons (Fsp3) is 0. The number of anilines is 1. The number of carbonyl (C=O) groups excluding carboxylic acids is 2. The van der Waals surface area contributed by atoms with E-state index in [2.05, 4.69) is 0 Å². The van der Waals surface area contributed by atoms with Crippen LogP contribution in [-0.4, -0.2) is 16.9 Å². The molecule has 1 heterocycles. The second-order valence-electron chi connectivity index (χ2n) is 4.44. The number of rotatable bonds is 1. The third-order valence-electron chi connectivity index (χ3n) is 3.22. The number of phenols is 1. The molecule has 0 unspecified atom stereocenters. The molecule has 0 saturated heterocycles. The van der Waals surface area contributed by atoms with Crippen molar-refractivity contribution in [3.63, 3.8) is 0 Å². The Balaban J connectivity index is 2.29. The minimum atomic E-state index is -0.730. The van der Waals surface area contributed by atoms with E-state index in [4.69, 9.17) is 46.4 Å². The van der Waals surface area contributed by atoms with E-state index in [-0.39, 0.29) is 42.7 Å². The van der Waals surface area contributed by atoms with Crippen molar-refractivity contribution in [2.75, 3.05) is 4.90 Å². The first-order valence-corrected chi connectivity index (χ1v) is 7.40. The Hall–Kier alpha value is -1.46. The van der Waals surface area contributed by atoms with Crippen LogP contribution in [0.2, 0.25) is 20.1 Å². The minimum Gasteiger partial charge on any atom is -0.506 e. The van der Waals surface area contributed by atoms with E-state index in [9.17, 15) is 14.7 Å². The summed E-state index contributed by atoms with van der Waals surface area (Å²) >= 11 is 23.9. The van der Waals surface area contributed by atoms with Gasteiger partial charge in [0.25, 0.3) is 11.8 Å². The van der Waals surface area contributed by atoms with Gasteiger partial charge in [-0.2, -0.15) is 0 Å². The number of imide groups is 1. The van der Waals surface area contributed by atoms with Gasteiger partial charge in [0.1, 0.15) is 5.75 Å². The van der Waals surface area contributed by atoms with Gasteiger partial charge < -0.3 is 5.11 Å². The van der Waals surface area contributed by atoms with Gasteiger partial charge in [-0.25, -0.2) is 4.90 Å². The van der Waals surface area contributed by atoms with Crippen molar-refractivity contribution in [3.05, 3.63) is 55.5 Å². The average molecular weight is 377 g/mol. The number of hydrogen-bond acceptors (Lipinski definition) is 3. The maximum Gasteiger partial charge on any atom is 0.267 e. The number of amides is 2. The summed E-state index contributed by atoms with van der Waals surface area (Å²) in [6.45, 7) is 0. The third kappa shape index (κ3) is 1.99. The quantitative estimate of drug-likeness (QED) is 0.441. The van der Waals surface area contributed by atoms with E-state index < -0.39 is 11.8 Å². The van der Waals surface area contributed by atoms with Crippen LogP contribution in [0, 0.1) is 0 Å². The Labute approximate surface area is 144 Å². The predicted molar refractivity (Wildman–Crippen MR) is 85.7 cm³/mol. The number of benzene rings is 2. The summed E-state index contributed by atoms with van der Waals surface area (Å²) in [4.78, 5) is 25.9. The molecule has 8 heteroatoms. The van der Waals surface area contributed by atoms with E-state index >= 15 is 0 Å². The van der Waals surface area contributed by atoms with Crippen molar-refractivity contribution < 1.29 is 14.7 Å². The lowest BCUT2D eigenvalue weighted by molar-refractivity contribution is 0.0925. The summed E-state index contributed by atoms with van der Waals surface area (Å²) < 4.78 is 0. The SMILES string of the molecule is O=C1c2c(Cl)c(Cl)c(Cl)c(Cl)c2C(=O)N1c1ccccc1O. The lowest BCUT2D eigenvalue weighted by Gasteiger charge is -2.14. The second kappa shape index (κ2) is 5.32. The summed E-state index contributed by atoms with van der Waals surface area (Å²) in [6.07, 6.45) is 0. The Morgan fingerprint density at radius 3 is 1.68 bits per heavy atom. The molecular formula is C14H5Cl4NO3. The van der Waals surface area contributed by atoms with Gasteiger partial charge in [-0.05, 0) is 12.1 Å². The van der Waals surface area contributed by atoms with Gasteiger partial charge in [-0.3, -0.25) is 9.59 Å². The smallest absolute Gasteiger partial charge is 0.267 e. The highest BCUT2D eigenvalue weighted by Crippen LogP contribution is 2.46. The van der Waals surface area contributed by atoms with Gasteiger partial charge >= 0.3 is 0 Å². The fourth-order valence-corrected chi connectivity index (χ4v) is 3.24. The molecule has 3 rings (SSSR count). The minimum absolute atomic E-state index is 0.0214. The molecule has 2 aromatic rings. The molecule has 0 atom stereocenters. The van der Waals surface area contributed by atoms with Gasteiger partial charge in [0.05, 0.1) is 36.9 Å². The summed E-state index contributed by atoms with van der Waals surface area (Å²) in [5.41, 5.74) is -0.239. The predicted octanol–water partition coefficient (Wildman–Crippen LogP) is 4.81. The Kier molecular flexibility index (Phi) is 3.73. The molecular weight excluding hydrogens is 372 g/mol. The Morgan fingerprint density at radius 1 is 0.773 bits per heavy atom.